The van der Waals surface area contributed by atoms with E-state index in [2.05, 4.69) is 6.07 Å². The number of hydrogen-bond donors (Lipinski definition) is 1. The summed E-state index contributed by atoms with van der Waals surface area (Å²) in [5.41, 5.74) is -0.621. The molecule has 0 spiro atoms. The fraction of sp³-hybridized carbons (Fsp3) is 0.583. The van der Waals surface area contributed by atoms with Crippen molar-refractivity contribution in [2.45, 2.75) is 38.7 Å². The monoisotopic (exact) mass is 205 g/mol. The molecule has 1 aromatic rings. The Labute approximate surface area is 89.3 Å². The number of rotatable bonds is 2. The highest BCUT2D eigenvalue weighted by Gasteiger charge is 2.43. The van der Waals surface area contributed by atoms with E-state index >= 15 is 0 Å². The molecule has 1 aliphatic rings. The molecule has 3 nitrogen and oxygen atoms in total. The number of aliphatic hydroxyl groups excluding tert-OH is 1. The van der Waals surface area contributed by atoms with Crippen molar-refractivity contribution in [2.24, 2.45) is 5.41 Å². The molecular weight excluding hydrogens is 190 g/mol. The van der Waals surface area contributed by atoms with Gasteiger partial charge >= 0.3 is 0 Å². The second kappa shape index (κ2) is 3.71. The summed E-state index contributed by atoms with van der Waals surface area (Å²) in [6.45, 7) is 1.84. The first kappa shape index (κ1) is 10.3. The predicted octanol–water partition coefficient (Wildman–Crippen LogP) is 2.71. The predicted molar refractivity (Wildman–Crippen MR) is 54.9 cm³/mol. The molecule has 80 valence electrons. The molecule has 1 unspecified atom stereocenters. The van der Waals surface area contributed by atoms with E-state index < -0.39 is 11.5 Å². The number of aryl methyl sites for hydroxylation is 1. The van der Waals surface area contributed by atoms with Crippen LogP contribution in [-0.2, 0) is 0 Å². The fourth-order valence-electron chi connectivity index (χ4n) is 2.32. The molecule has 0 aliphatic heterocycles. The maximum Gasteiger partial charge on any atom is 0.134 e. The van der Waals surface area contributed by atoms with Crippen LogP contribution in [0.25, 0.3) is 0 Å². The third kappa shape index (κ3) is 1.66. The van der Waals surface area contributed by atoms with Gasteiger partial charge in [-0.15, -0.1) is 0 Å². The second-order valence-corrected chi connectivity index (χ2v) is 4.33. The SMILES string of the molecule is Cc1ccc(C(O)C2(C#N)CCCC2)o1. The van der Waals surface area contributed by atoms with Crippen molar-refractivity contribution in [1.29, 1.82) is 5.26 Å². The Kier molecular flexibility index (Phi) is 2.54. The van der Waals surface area contributed by atoms with Gasteiger partial charge in [0.2, 0.25) is 0 Å². The normalized spacial score (nSPS) is 21.1. The number of aliphatic hydroxyl groups is 1. The van der Waals surface area contributed by atoms with E-state index in [4.69, 9.17) is 4.42 Å². The van der Waals surface area contributed by atoms with E-state index in [1.54, 1.807) is 6.07 Å². The highest BCUT2D eigenvalue weighted by atomic mass is 16.4. The Bertz CT molecular complexity index is 383. The molecule has 0 amide bonds. The summed E-state index contributed by atoms with van der Waals surface area (Å²) >= 11 is 0. The summed E-state index contributed by atoms with van der Waals surface area (Å²) in [4.78, 5) is 0. The van der Waals surface area contributed by atoms with Crippen molar-refractivity contribution >= 4 is 0 Å². The molecule has 1 aromatic heterocycles. The minimum absolute atomic E-state index is 0.524. The number of nitriles is 1. The van der Waals surface area contributed by atoms with Crippen molar-refractivity contribution < 1.29 is 9.52 Å². The van der Waals surface area contributed by atoms with Gasteiger partial charge < -0.3 is 9.52 Å². The van der Waals surface area contributed by atoms with E-state index in [1.165, 1.54) is 0 Å². The summed E-state index contributed by atoms with van der Waals surface area (Å²) < 4.78 is 5.38. The van der Waals surface area contributed by atoms with Crippen LogP contribution in [0.4, 0.5) is 0 Å². The molecule has 2 rings (SSSR count). The first-order valence-corrected chi connectivity index (χ1v) is 5.34. The highest BCUT2D eigenvalue weighted by molar-refractivity contribution is 5.17. The van der Waals surface area contributed by atoms with E-state index in [9.17, 15) is 10.4 Å². The van der Waals surface area contributed by atoms with Crippen LogP contribution in [0.3, 0.4) is 0 Å². The molecule has 1 atom stereocenters. The first-order chi connectivity index (χ1) is 7.18. The minimum Gasteiger partial charge on any atom is -0.464 e. The molecule has 15 heavy (non-hydrogen) atoms. The maximum absolute atomic E-state index is 10.2. The summed E-state index contributed by atoms with van der Waals surface area (Å²) in [5, 5.41) is 19.4. The molecule has 1 fully saturated rings. The zero-order valence-corrected chi connectivity index (χ0v) is 8.86. The van der Waals surface area contributed by atoms with Gasteiger partial charge in [-0.1, -0.05) is 12.8 Å². The van der Waals surface area contributed by atoms with Gasteiger partial charge in [-0.25, -0.2) is 0 Å². The summed E-state index contributed by atoms with van der Waals surface area (Å²) in [7, 11) is 0. The zero-order valence-electron chi connectivity index (χ0n) is 8.86. The number of nitrogens with zero attached hydrogens (tertiary/aromatic N) is 1. The Balaban J connectivity index is 2.26. The number of furan rings is 1. The molecule has 1 N–H and O–H groups in total. The van der Waals surface area contributed by atoms with Crippen molar-refractivity contribution in [3.8, 4) is 6.07 Å². The summed E-state index contributed by atoms with van der Waals surface area (Å²) in [6.07, 6.45) is 2.79. The minimum atomic E-state index is -0.779. The van der Waals surface area contributed by atoms with E-state index in [-0.39, 0.29) is 0 Å². The summed E-state index contributed by atoms with van der Waals surface area (Å²) in [5.74, 6) is 1.30. The Morgan fingerprint density at radius 2 is 2.13 bits per heavy atom. The third-order valence-electron chi connectivity index (χ3n) is 3.27. The lowest BCUT2D eigenvalue weighted by Crippen LogP contribution is -2.23. The molecule has 0 radical (unpaired) electrons. The molecule has 1 heterocycles. The molecule has 0 bridgehead atoms. The Morgan fingerprint density at radius 3 is 2.60 bits per heavy atom. The van der Waals surface area contributed by atoms with Gasteiger partial charge in [-0.3, -0.25) is 0 Å². The average molecular weight is 205 g/mol. The van der Waals surface area contributed by atoms with Crippen molar-refractivity contribution in [3.05, 3.63) is 23.7 Å². The third-order valence-corrected chi connectivity index (χ3v) is 3.27. The molecule has 3 heteroatoms. The lowest BCUT2D eigenvalue weighted by Gasteiger charge is -2.24. The molecule has 0 aromatic carbocycles. The molecular formula is C12H15NO2. The Morgan fingerprint density at radius 1 is 1.47 bits per heavy atom. The van der Waals surface area contributed by atoms with Gasteiger partial charge in [-0.2, -0.15) is 5.26 Å². The van der Waals surface area contributed by atoms with Crippen molar-refractivity contribution in [2.75, 3.05) is 0 Å². The molecule has 0 saturated heterocycles. The van der Waals surface area contributed by atoms with Gasteiger partial charge in [0.1, 0.15) is 17.6 Å². The van der Waals surface area contributed by atoms with Crippen LogP contribution < -0.4 is 0 Å². The van der Waals surface area contributed by atoms with Crippen LogP contribution in [0.5, 0.6) is 0 Å². The fourth-order valence-corrected chi connectivity index (χ4v) is 2.32. The molecule has 1 aliphatic carbocycles. The van der Waals surface area contributed by atoms with Gasteiger partial charge in [0.25, 0.3) is 0 Å². The number of hydrogen-bond acceptors (Lipinski definition) is 3. The lowest BCUT2D eigenvalue weighted by molar-refractivity contribution is 0.0470. The van der Waals surface area contributed by atoms with Gasteiger partial charge in [0, 0.05) is 0 Å². The van der Waals surface area contributed by atoms with Crippen LogP contribution >= 0.6 is 0 Å². The smallest absolute Gasteiger partial charge is 0.134 e. The Hall–Kier alpha value is -1.27. The van der Waals surface area contributed by atoms with Gasteiger partial charge in [0.15, 0.2) is 0 Å². The van der Waals surface area contributed by atoms with Crippen LogP contribution in [0.15, 0.2) is 16.5 Å². The van der Waals surface area contributed by atoms with Crippen LogP contribution in [0.1, 0.15) is 43.3 Å². The van der Waals surface area contributed by atoms with E-state index in [1.807, 2.05) is 13.0 Å². The quantitative estimate of drug-likeness (QED) is 0.807. The van der Waals surface area contributed by atoms with E-state index in [0.717, 1.165) is 31.4 Å². The first-order valence-electron chi connectivity index (χ1n) is 5.34. The van der Waals surface area contributed by atoms with Crippen molar-refractivity contribution in [1.82, 2.24) is 0 Å². The summed E-state index contributed by atoms with van der Waals surface area (Å²) in [6, 6.07) is 5.85. The van der Waals surface area contributed by atoms with Crippen molar-refractivity contribution in [3.63, 3.8) is 0 Å². The van der Waals surface area contributed by atoms with Crippen LogP contribution in [0.2, 0.25) is 0 Å². The van der Waals surface area contributed by atoms with Gasteiger partial charge in [0.05, 0.1) is 11.5 Å². The zero-order chi connectivity index (χ0) is 10.9. The standard InChI is InChI=1S/C12H15NO2/c1-9-4-5-10(15-9)11(14)12(8-13)6-2-3-7-12/h4-5,11,14H,2-3,6-7H2,1H3. The maximum atomic E-state index is 10.2. The lowest BCUT2D eigenvalue weighted by atomic mass is 9.81. The van der Waals surface area contributed by atoms with E-state index in [0.29, 0.717) is 5.76 Å². The largest absolute Gasteiger partial charge is 0.464 e. The van der Waals surface area contributed by atoms with Gasteiger partial charge in [-0.05, 0) is 31.9 Å². The second-order valence-electron chi connectivity index (χ2n) is 4.33. The highest BCUT2D eigenvalue weighted by Crippen LogP contribution is 2.47. The molecule has 1 saturated carbocycles. The van der Waals surface area contributed by atoms with Crippen LogP contribution in [0, 0.1) is 23.7 Å². The van der Waals surface area contributed by atoms with Crippen LogP contribution in [-0.4, -0.2) is 5.11 Å². The average Bonchev–Trinajstić information content (AvgIpc) is 2.86. The topological polar surface area (TPSA) is 57.2 Å².